The normalized spacial score (nSPS) is 13.2. The maximum Gasteiger partial charge on any atom is 0.253 e. The molecule has 1 saturated carbocycles. The van der Waals surface area contributed by atoms with Crippen LogP contribution in [-0.2, 0) is 0 Å². The van der Waals surface area contributed by atoms with Crippen molar-refractivity contribution in [3.8, 4) is 11.5 Å². The molecule has 1 aromatic heterocycles. The third kappa shape index (κ3) is 4.62. The van der Waals surface area contributed by atoms with Crippen molar-refractivity contribution < 1.29 is 14.3 Å². The average molecular weight is 327 g/mol. The summed E-state index contributed by atoms with van der Waals surface area (Å²) in [4.78, 5) is 16.1. The lowest BCUT2D eigenvalue weighted by atomic mass is 10.2. The zero-order valence-corrected chi connectivity index (χ0v) is 13.6. The van der Waals surface area contributed by atoms with Crippen LogP contribution in [0.25, 0.3) is 0 Å². The second-order valence-electron chi connectivity index (χ2n) is 5.63. The summed E-state index contributed by atoms with van der Waals surface area (Å²) in [5.41, 5.74) is 0.585. The zero-order chi connectivity index (χ0) is 16.8. The predicted octanol–water partition coefficient (Wildman–Crippen LogP) is 2.47. The summed E-state index contributed by atoms with van der Waals surface area (Å²) in [6, 6.07) is 11.4. The second kappa shape index (κ2) is 7.68. The molecule has 2 N–H and O–H groups in total. The van der Waals surface area contributed by atoms with E-state index in [4.69, 9.17) is 9.47 Å². The van der Waals surface area contributed by atoms with Crippen molar-refractivity contribution in [2.24, 2.45) is 0 Å². The van der Waals surface area contributed by atoms with Gasteiger partial charge in [0, 0.05) is 12.2 Å². The number of hydrogen-bond acceptors (Lipinski definition) is 5. The van der Waals surface area contributed by atoms with E-state index >= 15 is 0 Å². The monoisotopic (exact) mass is 327 g/mol. The maximum absolute atomic E-state index is 11.9. The lowest BCUT2D eigenvalue weighted by Crippen LogP contribution is -2.25. The van der Waals surface area contributed by atoms with Gasteiger partial charge in [-0.2, -0.15) is 0 Å². The van der Waals surface area contributed by atoms with Crippen LogP contribution in [0, 0.1) is 0 Å². The van der Waals surface area contributed by atoms with Crippen molar-refractivity contribution in [2.45, 2.75) is 18.9 Å². The minimum atomic E-state index is -0.0561. The maximum atomic E-state index is 11.9. The average Bonchev–Trinajstić information content (AvgIpc) is 3.44. The SMILES string of the molecule is COc1ccc(OCCNc2ccc(C(=O)NC3CC3)cn2)cc1. The number of anilines is 1. The third-order valence-electron chi connectivity index (χ3n) is 3.67. The second-order valence-corrected chi connectivity index (χ2v) is 5.63. The molecule has 126 valence electrons. The van der Waals surface area contributed by atoms with E-state index in [2.05, 4.69) is 15.6 Å². The van der Waals surface area contributed by atoms with Gasteiger partial charge in [0.1, 0.15) is 23.9 Å². The van der Waals surface area contributed by atoms with Gasteiger partial charge in [-0.15, -0.1) is 0 Å². The van der Waals surface area contributed by atoms with Crippen molar-refractivity contribution in [2.75, 3.05) is 25.6 Å². The number of carbonyl (C=O) groups excluding carboxylic acids is 1. The first-order chi connectivity index (χ1) is 11.7. The van der Waals surface area contributed by atoms with Gasteiger partial charge >= 0.3 is 0 Å². The molecular formula is C18H21N3O3. The van der Waals surface area contributed by atoms with Crippen molar-refractivity contribution in [1.29, 1.82) is 0 Å². The largest absolute Gasteiger partial charge is 0.497 e. The minimum absolute atomic E-state index is 0.0561. The Hall–Kier alpha value is -2.76. The Balaban J connectivity index is 1.40. The summed E-state index contributed by atoms with van der Waals surface area (Å²) in [6.45, 7) is 1.13. The van der Waals surface area contributed by atoms with Crippen LogP contribution in [-0.4, -0.2) is 37.2 Å². The molecule has 3 rings (SSSR count). The zero-order valence-electron chi connectivity index (χ0n) is 13.6. The fraction of sp³-hybridized carbons (Fsp3) is 0.333. The van der Waals surface area contributed by atoms with Crippen molar-refractivity contribution >= 4 is 11.7 Å². The van der Waals surface area contributed by atoms with Crippen molar-refractivity contribution in [1.82, 2.24) is 10.3 Å². The van der Waals surface area contributed by atoms with E-state index in [-0.39, 0.29) is 5.91 Å². The van der Waals surface area contributed by atoms with Gasteiger partial charge in [-0.1, -0.05) is 0 Å². The number of nitrogens with one attached hydrogen (secondary N) is 2. The molecule has 0 bridgehead atoms. The van der Waals surface area contributed by atoms with Gasteiger partial charge in [-0.3, -0.25) is 4.79 Å². The number of rotatable bonds is 8. The van der Waals surface area contributed by atoms with Gasteiger partial charge in [0.15, 0.2) is 0 Å². The van der Waals surface area contributed by atoms with Crippen LogP contribution in [0.4, 0.5) is 5.82 Å². The Labute approximate surface area is 141 Å². The molecule has 1 fully saturated rings. The highest BCUT2D eigenvalue weighted by atomic mass is 16.5. The van der Waals surface area contributed by atoms with Gasteiger partial charge in [0.25, 0.3) is 5.91 Å². The molecule has 1 aromatic carbocycles. The molecule has 1 amide bonds. The highest BCUT2D eigenvalue weighted by Crippen LogP contribution is 2.19. The number of ether oxygens (including phenoxy) is 2. The predicted molar refractivity (Wildman–Crippen MR) is 91.7 cm³/mol. The van der Waals surface area contributed by atoms with Crippen LogP contribution < -0.4 is 20.1 Å². The first kappa shape index (κ1) is 16.1. The highest BCUT2D eigenvalue weighted by Gasteiger charge is 2.23. The van der Waals surface area contributed by atoms with Crippen LogP contribution in [0.3, 0.4) is 0 Å². The Morgan fingerprint density at radius 3 is 2.54 bits per heavy atom. The number of methoxy groups -OCH3 is 1. The fourth-order valence-electron chi connectivity index (χ4n) is 2.15. The number of aromatic nitrogens is 1. The van der Waals surface area contributed by atoms with Gasteiger partial charge in [0.2, 0.25) is 0 Å². The van der Waals surface area contributed by atoms with E-state index in [1.807, 2.05) is 24.3 Å². The number of carbonyl (C=O) groups is 1. The van der Waals surface area contributed by atoms with E-state index in [1.54, 1.807) is 25.4 Å². The van der Waals surface area contributed by atoms with Crippen LogP contribution in [0.5, 0.6) is 11.5 Å². The molecule has 1 heterocycles. The number of hydrogen-bond donors (Lipinski definition) is 2. The van der Waals surface area contributed by atoms with Gasteiger partial charge < -0.3 is 20.1 Å². The van der Waals surface area contributed by atoms with E-state index in [1.165, 1.54) is 0 Å². The molecule has 1 aliphatic rings. The van der Waals surface area contributed by atoms with Gasteiger partial charge in [-0.25, -0.2) is 4.98 Å². The summed E-state index contributed by atoms with van der Waals surface area (Å²) in [5, 5.41) is 6.10. The van der Waals surface area contributed by atoms with Crippen LogP contribution in [0.2, 0.25) is 0 Å². The van der Waals surface area contributed by atoms with Crippen molar-refractivity contribution in [3.05, 3.63) is 48.2 Å². The molecule has 0 spiro atoms. The summed E-state index contributed by atoms with van der Waals surface area (Å²) < 4.78 is 10.7. The Morgan fingerprint density at radius 1 is 1.17 bits per heavy atom. The van der Waals surface area contributed by atoms with E-state index in [0.717, 1.165) is 30.2 Å². The third-order valence-corrected chi connectivity index (χ3v) is 3.67. The minimum Gasteiger partial charge on any atom is -0.497 e. The van der Waals surface area contributed by atoms with E-state index < -0.39 is 0 Å². The Morgan fingerprint density at radius 2 is 1.92 bits per heavy atom. The molecule has 0 saturated heterocycles. The highest BCUT2D eigenvalue weighted by molar-refractivity contribution is 5.94. The smallest absolute Gasteiger partial charge is 0.253 e. The molecule has 0 atom stereocenters. The first-order valence-corrected chi connectivity index (χ1v) is 8.02. The number of nitrogens with zero attached hydrogens (tertiary/aromatic N) is 1. The van der Waals surface area contributed by atoms with E-state index in [0.29, 0.717) is 24.8 Å². The fourth-order valence-corrected chi connectivity index (χ4v) is 2.15. The topological polar surface area (TPSA) is 72.5 Å². The lowest BCUT2D eigenvalue weighted by molar-refractivity contribution is 0.0950. The number of pyridine rings is 1. The molecular weight excluding hydrogens is 306 g/mol. The summed E-state index contributed by atoms with van der Waals surface area (Å²) in [6.07, 6.45) is 3.74. The van der Waals surface area contributed by atoms with Crippen LogP contribution >= 0.6 is 0 Å². The molecule has 6 heteroatoms. The van der Waals surface area contributed by atoms with Crippen LogP contribution in [0.1, 0.15) is 23.2 Å². The Bertz CT molecular complexity index is 667. The summed E-state index contributed by atoms with van der Waals surface area (Å²) in [5.74, 6) is 2.25. The molecule has 0 radical (unpaired) electrons. The van der Waals surface area contributed by atoms with E-state index in [9.17, 15) is 4.79 Å². The lowest BCUT2D eigenvalue weighted by Gasteiger charge is -2.09. The first-order valence-electron chi connectivity index (χ1n) is 8.02. The standard InChI is InChI=1S/C18H21N3O3/c1-23-15-5-7-16(8-6-15)24-11-10-19-17-9-2-13(12-20-17)18(22)21-14-3-4-14/h2,5-9,12,14H,3-4,10-11H2,1H3,(H,19,20)(H,21,22). The molecule has 0 aliphatic heterocycles. The molecule has 6 nitrogen and oxygen atoms in total. The molecule has 1 aliphatic carbocycles. The molecule has 0 unspecified atom stereocenters. The number of amides is 1. The number of benzene rings is 1. The van der Waals surface area contributed by atoms with Gasteiger partial charge in [0.05, 0.1) is 19.2 Å². The van der Waals surface area contributed by atoms with Gasteiger partial charge in [-0.05, 0) is 49.2 Å². The molecule has 2 aromatic rings. The summed E-state index contributed by atoms with van der Waals surface area (Å²) >= 11 is 0. The molecule has 24 heavy (non-hydrogen) atoms. The quantitative estimate of drug-likeness (QED) is 0.729. The van der Waals surface area contributed by atoms with Crippen LogP contribution in [0.15, 0.2) is 42.6 Å². The summed E-state index contributed by atoms with van der Waals surface area (Å²) in [7, 11) is 1.63. The van der Waals surface area contributed by atoms with Crippen molar-refractivity contribution in [3.63, 3.8) is 0 Å². The Kier molecular flexibility index (Phi) is 5.15.